The molecule has 0 aromatic heterocycles. The number of nitrogens with two attached hydrogens (primary N) is 1. The highest BCUT2D eigenvalue weighted by Crippen LogP contribution is 2.18. The predicted octanol–water partition coefficient (Wildman–Crippen LogP) is 1.18. The van der Waals surface area contributed by atoms with Crippen LogP contribution in [0.1, 0.15) is 24.8 Å². The Morgan fingerprint density at radius 3 is 2.72 bits per heavy atom. The summed E-state index contributed by atoms with van der Waals surface area (Å²) in [6.45, 7) is 0.826. The van der Waals surface area contributed by atoms with E-state index in [9.17, 15) is 9.90 Å². The Morgan fingerprint density at radius 1 is 1.33 bits per heavy atom. The number of carbonyl (C=O) groups is 1. The van der Waals surface area contributed by atoms with E-state index in [1.807, 2.05) is 29.2 Å². The van der Waals surface area contributed by atoms with Crippen LogP contribution in [0, 0.1) is 0 Å². The van der Waals surface area contributed by atoms with Crippen LogP contribution in [0.2, 0.25) is 0 Å². The van der Waals surface area contributed by atoms with Crippen LogP contribution in [0.15, 0.2) is 24.3 Å². The minimum atomic E-state index is 0.0000293. The van der Waals surface area contributed by atoms with Gasteiger partial charge in [-0.2, -0.15) is 0 Å². The predicted molar refractivity (Wildman–Crippen MR) is 71.0 cm³/mol. The largest absolute Gasteiger partial charge is 0.399 e. The average molecular weight is 248 g/mol. The Kier molecular flexibility index (Phi) is 4.20. The molecule has 1 fully saturated rings. The van der Waals surface area contributed by atoms with E-state index in [1.165, 1.54) is 0 Å². The summed E-state index contributed by atoms with van der Waals surface area (Å²) in [6.07, 6.45) is 3.42. The molecule has 1 aliphatic heterocycles. The number of aliphatic hydroxyl groups is 1. The number of rotatable bonds is 3. The first-order valence-corrected chi connectivity index (χ1v) is 6.45. The minimum absolute atomic E-state index is 0.0000293. The smallest absolute Gasteiger partial charge is 0.227 e. The van der Waals surface area contributed by atoms with Gasteiger partial charge in [0.25, 0.3) is 0 Å². The summed E-state index contributed by atoms with van der Waals surface area (Å²) in [6, 6.07) is 7.38. The van der Waals surface area contributed by atoms with Crippen molar-refractivity contribution in [3.8, 4) is 0 Å². The molecule has 0 saturated carbocycles. The molecule has 0 aliphatic carbocycles. The first-order valence-electron chi connectivity index (χ1n) is 6.45. The molecule has 0 bridgehead atoms. The highest BCUT2D eigenvalue weighted by molar-refractivity contribution is 5.79. The third kappa shape index (κ3) is 3.01. The second-order valence-corrected chi connectivity index (χ2v) is 4.84. The number of benzene rings is 1. The molecule has 4 nitrogen and oxygen atoms in total. The first kappa shape index (κ1) is 12.9. The molecule has 1 unspecified atom stereocenters. The Labute approximate surface area is 107 Å². The van der Waals surface area contributed by atoms with E-state index < -0.39 is 0 Å². The molecule has 1 amide bonds. The van der Waals surface area contributed by atoms with Gasteiger partial charge in [-0.1, -0.05) is 12.1 Å². The van der Waals surface area contributed by atoms with E-state index in [2.05, 4.69) is 0 Å². The molecule has 1 aliphatic rings. The van der Waals surface area contributed by atoms with Crippen molar-refractivity contribution in [1.82, 2.24) is 4.90 Å². The lowest BCUT2D eigenvalue weighted by molar-refractivity contribution is -0.135. The van der Waals surface area contributed by atoms with Gasteiger partial charge in [0.05, 0.1) is 19.1 Å². The van der Waals surface area contributed by atoms with E-state index in [4.69, 9.17) is 5.73 Å². The Morgan fingerprint density at radius 2 is 2.06 bits per heavy atom. The number of anilines is 1. The number of hydrogen-bond acceptors (Lipinski definition) is 3. The number of amides is 1. The fraction of sp³-hybridized carbons (Fsp3) is 0.500. The third-order valence-electron chi connectivity index (χ3n) is 3.49. The number of nitrogens with zero attached hydrogens (tertiary/aromatic N) is 1. The normalized spacial score (nSPS) is 19.8. The third-order valence-corrected chi connectivity index (χ3v) is 3.49. The molecule has 1 atom stereocenters. The van der Waals surface area contributed by atoms with Crippen LogP contribution in [0.25, 0.3) is 0 Å². The lowest BCUT2D eigenvalue weighted by atomic mass is 10.0. The topological polar surface area (TPSA) is 66.6 Å². The molecule has 0 radical (unpaired) electrons. The monoisotopic (exact) mass is 248 g/mol. The van der Waals surface area contributed by atoms with Crippen LogP contribution < -0.4 is 5.73 Å². The van der Waals surface area contributed by atoms with Gasteiger partial charge in [-0.3, -0.25) is 4.79 Å². The second-order valence-electron chi connectivity index (χ2n) is 4.84. The van der Waals surface area contributed by atoms with Crippen molar-refractivity contribution in [2.24, 2.45) is 0 Å². The maximum Gasteiger partial charge on any atom is 0.227 e. The van der Waals surface area contributed by atoms with E-state index in [0.717, 1.165) is 31.4 Å². The van der Waals surface area contributed by atoms with Gasteiger partial charge < -0.3 is 15.7 Å². The maximum atomic E-state index is 12.2. The molecule has 18 heavy (non-hydrogen) atoms. The van der Waals surface area contributed by atoms with Gasteiger partial charge in [0.15, 0.2) is 0 Å². The van der Waals surface area contributed by atoms with Crippen LogP contribution in [-0.2, 0) is 11.2 Å². The van der Waals surface area contributed by atoms with E-state index in [0.29, 0.717) is 12.1 Å². The molecule has 1 aromatic rings. The summed E-state index contributed by atoms with van der Waals surface area (Å²) in [5.74, 6) is 0.0959. The van der Waals surface area contributed by atoms with Crippen LogP contribution in [0.5, 0.6) is 0 Å². The zero-order chi connectivity index (χ0) is 13.0. The van der Waals surface area contributed by atoms with Gasteiger partial charge in [0.2, 0.25) is 5.91 Å². The zero-order valence-electron chi connectivity index (χ0n) is 10.5. The SMILES string of the molecule is Nc1ccc(CC(=O)N2CCCCC2CO)cc1. The molecule has 4 heteroatoms. The fourth-order valence-corrected chi connectivity index (χ4v) is 2.43. The number of aliphatic hydroxyl groups excluding tert-OH is 1. The lowest BCUT2D eigenvalue weighted by Gasteiger charge is -2.34. The number of likely N-dealkylation sites (tertiary alicyclic amines) is 1. The first-order chi connectivity index (χ1) is 8.70. The molecule has 2 rings (SSSR count). The number of carbonyl (C=O) groups excluding carboxylic acids is 1. The quantitative estimate of drug-likeness (QED) is 0.789. The molecule has 1 heterocycles. The van der Waals surface area contributed by atoms with Gasteiger partial charge in [0.1, 0.15) is 0 Å². The van der Waals surface area contributed by atoms with E-state index >= 15 is 0 Å². The molecule has 1 aromatic carbocycles. The standard InChI is InChI=1S/C14H20N2O2/c15-12-6-4-11(5-7-12)9-14(18)16-8-2-1-3-13(16)10-17/h4-7,13,17H,1-3,8-10,15H2. The van der Waals surface area contributed by atoms with Gasteiger partial charge in [-0.05, 0) is 37.0 Å². The Bertz CT molecular complexity index is 403. The number of hydrogen-bond donors (Lipinski definition) is 2. The number of nitrogen functional groups attached to an aromatic ring is 1. The van der Waals surface area contributed by atoms with Gasteiger partial charge in [0, 0.05) is 12.2 Å². The molecule has 1 saturated heterocycles. The van der Waals surface area contributed by atoms with Gasteiger partial charge in [-0.15, -0.1) is 0 Å². The van der Waals surface area contributed by atoms with Crippen molar-refractivity contribution in [3.05, 3.63) is 29.8 Å². The Hall–Kier alpha value is -1.55. The van der Waals surface area contributed by atoms with Crippen molar-refractivity contribution >= 4 is 11.6 Å². The summed E-state index contributed by atoms with van der Waals surface area (Å²) in [5.41, 5.74) is 7.29. The molecule has 3 N–H and O–H groups in total. The molecule has 98 valence electrons. The summed E-state index contributed by atoms with van der Waals surface area (Å²) in [7, 11) is 0. The lowest BCUT2D eigenvalue weighted by Crippen LogP contribution is -2.46. The maximum absolute atomic E-state index is 12.2. The fourth-order valence-electron chi connectivity index (χ4n) is 2.43. The summed E-state index contributed by atoms with van der Waals surface area (Å²) >= 11 is 0. The second kappa shape index (κ2) is 5.87. The van der Waals surface area contributed by atoms with Crippen LogP contribution in [-0.4, -0.2) is 35.1 Å². The summed E-state index contributed by atoms with van der Waals surface area (Å²) in [4.78, 5) is 14.0. The average Bonchev–Trinajstić information content (AvgIpc) is 2.41. The van der Waals surface area contributed by atoms with Crippen LogP contribution >= 0.6 is 0 Å². The summed E-state index contributed by atoms with van der Waals surface area (Å²) < 4.78 is 0. The van der Waals surface area contributed by atoms with Gasteiger partial charge >= 0.3 is 0 Å². The van der Waals surface area contributed by atoms with Crippen molar-refractivity contribution in [2.45, 2.75) is 31.7 Å². The van der Waals surface area contributed by atoms with Crippen molar-refractivity contribution in [2.75, 3.05) is 18.9 Å². The Balaban J connectivity index is 2.00. The molecular formula is C14H20N2O2. The van der Waals surface area contributed by atoms with Crippen molar-refractivity contribution < 1.29 is 9.90 Å². The zero-order valence-corrected chi connectivity index (χ0v) is 10.5. The number of piperidine rings is 1. The highest BCUT2D eigenvalue weighted by atomic mass is 16.3. The van der Waals surface area contributed by atoms with Crippen molar-refractivity contribution in [1.29, 1.82) is 0 Å². The van der Waals surface area contributed by atoms with Crippen LogP contribution in [0.3, 0.4) is 0 Å². The van der Waals surface area contributed by atoms with Crippen LogP contribution in [0.4, 0.5) is 5.69 Å². The summed E-state index contributed by atoms with van der Waals surface area (Å²) in [5, 5.41) is 9.30. The van der Waals surface area contributed by atoms with Gasteiger partial charge in [-0.25, -0.2) is 0 Å². The van der Waals surface area contributed by atoms with Crippen molar-refractivity contribution in [3.63, 3.8) is 0 Å². The molecular weight excluding hydrogens is 228 g/mol. The molecule has 0 spiro atoms. The van der Waals surface area contributed by atoms with E-state index in [1.54, 1.807) is 0 Å². The highest BCUT2D eigenvalue weighted by Gasteiger charge is 2.25. The minimum Gasteiger partial charge on any atom is -0.399 e. The van der Waals surface area contributed by atoms with E-state index in [-0.39, 0.29) is 18.6 Å².